The molecule has 0 fully saturated rings. The van der Waals surface area contributed by atoms with Gasteiger partial charge in [-0.15, -0.1) is 0 Å². The molecule has 0 spiro atoms. The lowest BCUT2D eigenvalue weighted by atomic mass is 10.1. The zero-order valence-electron chi connectivity index (χ0n) is 10.8. The number of aliphatic hydroxyl groups excluding tert-OH is 1. The van der Waals surface area contributed by atoms with Gasteiger partial charge in [0, 0.05) is 36.6 Å². The van der Waals surface area contributed by atoms with Crippen LogP contribution in [0.15, 0.2) is 30.6 Å². The zero-order valence-corrected chi connectivity index (χ0v) is 10.8. The second-order valence-corrected chi connectivity index (χ2v) is 4.28. The molecule has 2 aromatic heterocycles. The number of nitrogens with one attached hydrogen (secondary N) is 1. The van der Waals surface area contributed by atoms with Gasteiger partial charge >= 0.3 is 0 Å². The molecule has 2 rings (SSSR count). The molecule has 19 heavy (non-hydrogen) atoms. The van der Waals surface area contributed by atoms with Gasteiger partial charge in [0.2, 0.25) is 0 Å². The Bertz CT molecular complexity index is 544. The van der Waals surface area contributed by atoms with Crippen LogP contribution in [0.2, 0.25) is 0 Å². The number of nitrogens with zero attached hydrogens (tertiary/aromatic N) is 2. The summed E-state index contributed by atoms with van der Waals surface area (Å²) in [4.78, 5) is 8.23. The van der Waals surface area contributed by atoms with Crippen LogP contribution in [0, 0.1) is 6.92 Å². The topological polar surface area (TPSA) is 78.3 Å². The van der Waals surface area contributed by atoms with Crippen LogP contribution < -0.4 is 5.32 Å². The molecular weight excluding hydrogens is 242 g/mol. The van der Waals surface area contributed by atoms with Crippen molar-refractivity contribution < 1.29 is 10.2 Å². The van der Waals surface area contributed by atoms with E-state index in [0.717, 1.165) is 5.69 Å². The molecule has 100 valence electrons. The molecule has 5 nitrogen and oxygen atoms in total. The second-order valence-electron chi connectivity index (χ2n) is 4.28. The van der Waals surface area contributed by atoms with Gasteiger partial charge in [-0.2, -0.15) is 0 Å². The Kier molecular flexibility index (Phi) is 4.43. The average molecular weight is 259 g/mol. The van der Waals surface area contributed by atoms with E-state index in [2.05, 4.69) is 15.3 Å². The van der Waals surface area contributed by atoms with Gasteiger partial charge in [0.25, 0.3) is 0 Å². The third-order valence-electron chi connectivity index (χ3n) is 2.93. The fourth-order valence-corrected chi connectivity index (χ4v) is 1.84. The second kappa shape index (κ2) is 6.26. The van der Waals surface area contributed by atoms with Gasteiger partial charge in [0.1, 0.15) is 5.75 Å². The number of aromatic nitrogens is 2. The number of aliphatic hydroxyl groups is 1. The summed E-state index contributed by atoms with van der Waals surface area (Å²) >= 11 is 0. The summed E-state index contributed by atoms with van der Waals surface area (Å²) in [6.45, 7) is 2.66. The van der Waals surface area contributed by atoms with Crippen molar-refractivity contribution in [1.82, 2.24) is 15.3 Å². The van der Waals surface area contributed by atoms with Crippen molar-refractivity contribution in [2.75, 3.05) is 0 Å². The molecule has 2 heterocycles. The van der Waals surface area contributed by atoms with E-state index >= 15 is 0 Å². The van der Waals surface area contributed by atoms with Crippen LogP contribution in [0.25, 0.3) is 0 Å². The van der Waals surface area contributed by atoms with Gasteiger partial charge in [-0.25, -0.2) is 0 Å². The molecule has 0 saturated heterocycles. The average Bonchev–Trinajstić information content (AvgIpc) is 2.45. The Hall–Kier alpha value is -1.98. The van der Waals surface area contributed by atoms with Gasteiger partial charge in [-0.3, -0.25) is 9.97 Å². The molecule has 0 atom stereocenters. The van der Waals surface area contributed by atoms with Crippen LogP contribution >= 0.6 is 0 Å². The highest BCUT2D eigenvalue weighted by atomic mass is 16.3. The summed E-state index contributed by atoms with van der Waals surface area (Å²) in [5.41, 5.74) is 2.81. The van der Waals surface area contributed by atoms with Gasteiger partial charge in [0.15, 0.2) is 0 Å². The normalized spacial score (nSPS) is 10.6. The van der Waals surface area contributed by atoms with Crippen LogP contribution in [0.3, 0.4) is 0 Å². The SMILES string of the molecule is Cc1ncc(CO)c(CNCc2ccccn2)c1O. The molecule has 0 radical (unpaired) electrons. The highest BCUT2D eigenvalue weighted by Gasteiger charge is 2.10. The maximum absolute atomic E-state index is 9.98. The minimum Gasteiger partial charge on any atom is -0.506 e. The van der Waals surface area contributed by atoms with E-state index in [1.807, 2.05) is 18.2 Å². The smallest absolute Gasteiger partial charge is 0.141 e. The van der Waals surface area contributed by atoms with Crippen molar-refractivity contribution in [2.24, 2.45) is 0 Å². The highest BCUT2D eigenvalue weighted by Crippen LogP contribution is 2.23. The van der Waals surface area contributed by atoms with Crippen LogP contribution in [-0.4, -0.2) is 20.2 Å². The fourth-order valence-electron chi connectivity index (χ4n) is 1.84. The summed E-state index contributed by atoms with van der Waals surface area (Å²) < 4.78 is 0. The predicted molar refractivity (Wildman–Crippen MR) is 71.3 cm³/mol. The lowest BCUT2D eigenvalue weighted by Gasteiger charge is -2.12. The summed E-state index contributed by atoms with van der Waals surface area (Å²) in [5.74, 6) is 0.139. The molecule has 0 amide bonds. The molecule has 0 aliphatic rings. The van der Waals surface area contributed by atoms with Crippen molar-refractivity contribution in [3.8, 4) is 5.75 Å². The van der Waals surface area contributed by atoms with Gasteiger partial charge < -0.3 is 15.5 Å². The van der Waals surface area contributed by atoms with E-state index in [-0.39, 0.29) is 12.4 Å². The first kappa shape index (κ1) is 13.5. The Morgan fingerprint density at radius 1 is 1.21 bits per heavy atom. The summed E-state index contributed by atoms with van der Waals surface area (Å²) in [7, 11) is 0. The molecule has 0 unspecified atom stereocenters. The Morgan fingerprint density at radius 2 is 2.05 bits per heavy atom. The van der Waals surface area contributed by atoms with Crippen molar-refractivity contribution in [3.05, 3.63) is 53.1 Å². The van der Waals surface area contributed by atoms with E-state index in [1.165, 1.54) is 0 Å². The lowest BCUT2D eigenvalue weighted by molar-refractivity contribution is 0.278. The van der Waals surface area contributed by atoms with Crippen molar-refractivity contribution in [1.29, 1.82) is 0 Å². The van der Waals surface area contributed by atoms with Crippen LogP contribution in [-0.2, 0) is 19.7 Å². The van der Waals surface area contributed by atoms with Crippen molar-refractivity contribution >= 4 is 0 Å². The van der Waals surface area contributed by atoms with E-state index in [4.69, 9.17) is 0 Å². The van der Waals surface area contributed by atoms with Gasteiger partial charge in [0.05, 0.1) is 18.0 Å². The summed E-state index contributed by atoms with van der Waals surface area (Å²) in [6, 6.07) is 5.72. The number of aromatic hydroxyl groups is 1. The summed E-state index contributed by atoms with van der Waals surface area (Å²) in [5, 5.41) is 22.4. The maximum Gasteiger partial charge on any atom is 0.141 e. The van der Waals surface area contributed by atoms with Crippen LogP contribution in [0.5, 0.6) is 5.75 Å². The predicted octanol–water partition coefficient (Wildman–Crippen LogP) is 1.27. The van der Waals surface area contributed by atoms with Crippen LogP contribution in [0.1, 0.15) is 22.5 Å². The van der Waals surface area contributed by atoms with Crippen molar-refractivity contribution in [2.45, 2.75) is 26.6 Å². The fraction of sp³-hybridized carbons (Fsp3) is 0.286. The molecule has 0 aromatic carbocycles. The van der Waals surface area contributed by atoms with E-state index in [0.29, 0.717) is 29.9 Å². The molecule has 0 aliphatic carbocycles. The lowest BCUT2D eigenvalue weighted by Crippen LogP contribution is -2.15. The Balaban J connectivity index is 2.05. The first-order valence-electron chi connectivity index (χ1n) is 6.10. The van der Waals surface area contributed by atoms with Gasteiger partial charge in [-0.05, 0) is 19.1 Å². The number of pyridine rings is 2. The quantitative estimate of drug-likeness (QED) is 0.753. The third-order valence-corrected chi connectivity index (χ3v) is 2.93. The molecule has 0 saturated carbocycles. The summed E-state index contributed by atoms with van der Waals surface area (Å²) in [6.07, 6.45) is 3.33. The molecule has 0 bridgehead atoms. The number of rotatable bonds is 5. The molecule has 2 aromatic rings. The zero-order chi connectivity index (χ0) is 13.7. The first-order valence-corrected chi connectivity index (χ1v) is 6.10. The monoisotopic (exact) mass is 259 g/mol. The van der Waals surface area contributed by atoms with Crippen molar-refractivity contribution in [3.63, 3.8) is 0 Å². The third kappa shape index (κ3) is 3.27. The molecule has 3 N–H and O–H groups in total. The number of hydrogen-bond acceptors (Lipinski definition) is 5. The highest BCUT2D eigenvalue weighted by molar-refractivity contribution is 5.40. The van der Waals surface area contributed by atoms with E-state index < -0.39 is 0 Å². The molecule has 0 aliphatic heterocycles. The van der Waals surface area contributed by atoms with E-state index in [9.17, 15) is 10.2 Å². The minimum absolute atomic E-state index is 0.137. The molecule has 5 heteroatoms. The Labute approximate surface area is 112 Å². The van der Waals surface area contributed by atoms with E-state index in [1.54, 1.807) is 19.3 Å². The number of hydrogen-bond donors (Lipinski definition) is 3. The Morgan fingerprint density at radius 3 is 2.74 bits per heavy atom. The van der Waals surface area contributed by atoms with Crippen LogP contribution in [0.4, 0.5) is 0 Å². The standard InChI is InChI=1S/C14H17N3O2/c1-10-14(19)13(11(9-18)6-17-10)8-15-7-12-4-2-3-5-16-12/h2-6,15,18-19H,7-9H2,1H3. The minimum atomic E-state index is -0.137. The maximum atomic E-state index is 9.98. The number of aryl methyl sites for hydroxylation is 1. The van der Waals surface area contributed by atoms with Gasteiger partial charge in [-0.1, -0.05) is 6.07 Å². The first-order chi connectivity index (χ1) is 9.22. The molecular formula is C14H17N3O2. The largest absolute Gasteiger partial charge is 0.506 e.